The molecule has 1 N–H and O–H groups in total. The number of aryl methyl sites for hydroxylation is 1. The molecule has 1 aromatic heterocycles. The first-order valence-electron chi connectivity index (χ1n) is 4.80. The topological polar surface area (TPSA) is 29.9 Å². The van der Waals surface area contributed by atoms with E-state index in [2.05, 4.69) is 25.5 Å². The zero-order chi connectivity index (χ0) is 10.4. The Kier molecular flexibility index (Phi) is 2.10. The molecule has 0 spiro atoms. The molecule has 5 heteroatoms. The van der Waals surface area contributed by atoms with Crippen LogP contribution in [0.15, 0.2) is 16.6 Å². The van der Waals surface area contributed by atoms with E-state index >= 15 is 0 Å². The Bertz CT molecular complexity index is 587. The molecule has 3 nitrogen and oxygen atoms in total. The standard InChI is InChI=1S/C10H9BrN2OS/c11-6-4-7-9-8(5-6)14-3-1-2-13(9)10(15)12-7/h4-5H,1-3H2,(H,12,15). The summed E-state index contributed by atoms with van der Waals surface area (Å²) < 4.78 is 9.59. The van der Waals surface area contributed by atoms with Crippen molar-refractivity contribution in [1.82, 2.24) is 9.55 Å². The fraction of sp³-hybridized carbons (Fsp3) is 0.300. The van der Waals surface area contributed by atoms with Gasteiger partial charge in [0.2, 0.25) is 0 Å². The monoisotopic (exact) mass is 284 g/mol. The molecule has 0 bridgehead atoms. The lowest BCUT2D eigenvalue weighted by molar-refractivity contribution is 0.315. The zero-order valence-corrected chi connectivity index (χ0v) is 10.3. The first kappa shape index (κ1) is 9.42. The summed E-state index contributed by atoms with van der Waals surface area (Å²) in [7, 11) is 0. The summed E-state index contributed by atoms with van der Waals surface area (Å²) in [6.45, 7) is 1.68. The predicted octanol–water partition coefficient (Wildman–Crippen LogP) is 3.24. The van der Waals surface area contributed by atoms with Gasteiger partial charge >= 0.3 is 0 Å². The Morgan fingerprint density at radius 2 is 2.33 bits per heavy atom. The second-order valence-corrected chi connectivity index (χ2v) is 4.89. The van der Waals surface area contributed by atoms with Crippen LogP contribution in [-0.4, -0.2) is 16.2 Å². The molecule has 78 valence electrons. The highest BCUT2D eigenvalue weighted by Gasteiger charge is 2.14. The number of hydrogen-bond donors (Lipinski definition) is 1. The lowest BCUT2D eigenvalue weighted by Crippen LogP contribution is -1.98. The second kappa shape index (κ2) is 3.35. The van der Waals surface area contributed by atoms with Crippen molar-refractivity contribution >= 4 is 39.2 Å². The second-order valence-electron chi connectivity index (χ2n) is 3.58. The number of nitrogens with zero attached hydrogens (tertiary/aromatic N) is 1. The third-order valence-electron chi connectivity index (χ3n) is 2.58. The quantitative estimate of drug-likeness (QED) is 0.753. The molecular formula is C10H9BrN2OS. The van der Waals surface area contributed by atoms with Crippen molar-refractivity contribution in [3.63, 3.8) is 0 Å². The fourth-order valence-corrected chi connectivity index (χ4v) is 2.69. The van der Waals surface area contributed by atoms with Gasteiger partial charge in [-0.1, -0.05) is 15.9 Å². The highest BCUT2D eigenvalue weighted by atomic mass is 79.9. The largest absolute Gasteiger partial charge is 0.491 e. The minimum Gasteiger partial charge on any atom is -0.491 e. The molecule has 0 unspecified atom stereocenters. The van der Waals surface area contributed by atoms with Crippen molar-refractivity contribution in [2.75, 3.05) is 6.61 Å². The summed E-state index contributed by atoms with van der Waals surface area (Å²) in [6.07, 6.45) is 0.994. The summed E-state index contributed by atoms with van der Waals surface area (Å²) in [5.74, 6) is 0.907. The Hall–Kier alpha value is -0.810. The van der Waals surface area contributed by atoms with Crippen LogP contribution in [0.3, 0.4) is 0 Å². The highest BCUT2D eigenvalue weighted by molar-refractivity contribution is 9.10. The third kappa shape index (κ3) is 1.41. The van der Waals surface area contributed by atoms with Crippen LogP contribution in [0.25, 0.3) is 11.0 Å². The maximum atomic E-state index is 5.70. The number of aromatic amines is 1. The van der Waals surface area contributed by atoms with E-state index in [0.717, 1.165) is 45.6 Å². The number of H-pyrrole nitrogens is 1. The Morgan fingerprint density at radius 3 is 3.20 bits per heavy atom. The minimum absolute atomic E-state index is 0.752. The summed E-state index contributed by atoms with van der Waals surface area (Å²) in [5, 5.41) is 0. The SMILES string of the molecule is S=c1[nH]c2cc(Br)cc3c2n1CCCO3. The van der Waals surface area contributed by atoms with Gasteiger partial charge in [-0.25, -0.2) is 0 Å². The molecule has 0 radical (unpaired) electrons. The number of halogens is 1. The van der Waals surface area contributed by atoms with Crippen LogP contribution >= 0.6 is 28.1 Å². The van der Waals surface area contributed by atoms with E-state index in [1.165, 1.54) is 0 Å². The first-order chi connectivity index (χ1) is 7.25. The third-order valence-corrected chi connectivity index (χ3v) is 3.36. The highest BCUT2D eigenvalue weighted by Crippen LogP contribution is 2.31. The minimum atomic E-state index is 0.752. The molecule has 0 saturated heterocycles. The fourth-order valence-electron chi connectivity index (χ4n) is 1.96. The molecule has 15 heavy (non-hydrogen) atoms. The van der Waals surface area contributed by atoms with Crippen molar-refractivity contribution in [3.05, 3.63) is 21.4 Å². The van der Waals surface area contributed by atoms with Gasteiger partial charge in [0.25, 0.3) is 0 Å². The maximum Gasteiger partial charge on any atom is 0.178 e. The number of benzene rings is 1. The van der Waals surface area contributed by atoms with Gasteiger partial charge in [-0.2, -0.15) is 0 Å². The summed E-state index contributed by atoms with van der Waals surface area (Å²) >= 11 is 8.75. The molecule has 0 amide bonds. The van der Waals surface area contributed by atoms with E-state index in [0.29, 0.717) is 0 Å². The van der Waals surface area contributed by atoms with Gasteiger partial charge in [0.15, 0.2) is 4.77 Å². The van der Waals surface area contributed by atoms with E-state index < -0.39 is 0 Å². The lowest BCUT2D eigenvalue weighted by atomic mass is 10.3. The molecule has 1 aromatic carbocycles. The molecule has 1 aliphatic heterocycles. The van der Waals surface area contributed by atoms with Gasteiger partial charge in [-0.05, 0) is 30.8 Å². The molecule has 0 saturated carbocycles. The lowest BCUT2D eigenvalue weighted by Gasteiger charge is -2.04. The Balaban J connectivity index is 2.47. The van der Waals surface area contributed by atoms with E-state index in [-0.39, 0.29) is 0 Å². The van der Waals surface area contributed by atoms with Crippen LogP contribution in [0.2, 0.25) is 0 Å². The van der Waals surface area contributed by atoms with Crippen LogP contribution in [0.5, 0.6) is 5.75 Å². The number of imidazole rings is 1. The number of hydrogen-bond acceptors (Lipinski definition) is 2. The van der Waals surface area contributed by atoms with Crippen molar-refractivity contribution in [3.8, 4) is 5.75 Å². The maximum absolute atomic E-state index is 5.70. The van der Waals surface area contributed by atoms with Crippen LogP contribution in [-0.2, 0) is 6.54 Å². The van der Waals surface area contributed by atoms with Gasteiger partial charge in [-0.3, -0.25) is 0 Å². The van der Waals surface area contributed by atoms with Crippen LogP contribution in [0.1, 0.15) is 6.42 Å². The molecule has 2 heterocycles. The van der Waals surface area contributed by atoms with Gasteiger partial charge in [-0.15, -0.1) is 0 Å². The van der Waals surface area contributed by atoms with Gasteiger partial charge in [0.1, 0.15) is 11.3 Å². The van der Waals surface area contributed by atoms with Gasteiger partial charge < -0.3 is 14.3 Å². The molecular weight excluding hydrogens is 276 g/mol. The zero-order valence-electron chi connectivity index (χ0n) is 7.92. The van der Waals surface area contributed by atoms with Crippen LogP contribution in [0.4, 0.5) is 0 Å². The predicted molar refractivity (Wildman–Crippen MR) is 64.9 cm³/mol. The van der Waals surface area contributed by atoms with E-state index in [1.807, 2.05) is 12.1 Å². The molecule has 0 fully saturated rings. The van der Waals surface area contributed by atoms with E-state index in [4.69, 9.17) is 17.0 Å². The van der Waals surface area contributed by atoms with Crippen molar-refractivity contribution in [1.29, 1.82) is 0 Å². The summed E-state index contributed by atoms with van der Waals surface area (Å²) in [4.78, 5) is 3.20. The Morgan fingerprint density at radius 1 is 1.47 bits per heavy atom. The molecule has 1 aliphatic rings. The summed E-state index contributed by atoms with van der Waals surface area (Å²) in [5.41, 5.74) is 2.12. The van der Waals surface area contributed by atoms with Crippen molar-refractivity contribution < 1.29 is 4.74 Å². The van der Waals surface area contributed by atoms with Gasteiger partial charge in [0.05, 0.1) is 12.1 Å². The van der Waals surface area contributed by atoms with Crippen molar-refractivity contribution in [2.24, 2.45) is 0 Å². The Labute approximate surface area is 100 Å². The van der Waals surface area contributed by atoms with Crippen molar-refractivity contribution in [2.45, 2.75) is 13.0 Å². The van der Waals surface area contributed by atoms with E-state index in [1.54, 1.807) is 0 Å². The molecule has 2 aromatic rings. The number of nitrogens with one attached hydrogen (secondary N) is 1. The average Bonchev–Trinajstić information content (AvgIpc) is 2.39. The molecule has 3 rings (SSSR count). The smallest absolute Gasteiger partial charge is 0.178 e. The number of rotatable bonds is 0. The normalized spacial score (nSPS) is 15.0. The van der Waals surface area contributed by atoms with Crippen LogP contribution in [0, 0.1) is 4.77 Å². The van der Waals surface area contributed by atoms with Gasteiger partial charge in [0, 0.05) is 11.0 Å². The molecule has 0 atom stereocenters. The first-order valence-corrected chi connectivity index (χ1v) is 6.01. The average molecular weight is 285 g/mol. The van der Waals surface area contributed by atoms with Crippen LogP contribution < -0.4 is 4.74 Å². The number of aromatic nitrogens is 2. The molecule has 0 aliphatic carbocycles. The van der Waals surface area contributed by atoms with E-state index in [9.17, 15) is 0 Å². The number of ether oxygens (including phenoxy) is 1. The summed E-state index contributed by atoms with van der Waals surface area (Å²) in [6, 6.07) is 4.02.